The van der Waals surface area contributed by atoms with Crippen molar-refractivity contribution in [1.29, 1.82) is 0 Å². The quantitative estimate of drug-likeness (QED) is 0.658. The predicted molar refractivity (Wildman–Crippen MR) is 91.6 cm³/mol. The number of fused-ring (bicyclic) bond motifs is 1. The number of hydrogen-bond acceptors (Lipinski definition) is 3. The first-order chi connectivity index (χ1) is 11.2. The summed E-state index contributed by atoms with van der Waals surface area (Å²) in [5.41, 5.74) is 1.76. The first-order valence-corrected chi connectivity index (χ1v) is 9.16. The number of thiophene rings is 2. The van der Waals surface area contributed by atoms with Crippen LogP contribution in [0.25, 0.3) is 0 Å². The average molecular weight is 343 g/mol. The van der Waals surface area contributed by atoms with Gasteiger partial charge in [-0.25, -0.2) is 4.39 Å². The zero-order valence-electron chi connectivity index (χ0n) is 12.2. The number of benzene rings is 1. The van der Waals surface area contributed by atoms with E-state index in [1.165, 1.54) is 27.5 Å². The number of carbonyl (C=O) groups is 1. The summed E-state index contributed by atoms with van der Waals surface area (Å²) >= 11 is 3.42. The number of halogens is 1. The van der Waals surface area contributed by atoms with E-state index in [2.05, 4.69) is 17.5 Å². The molecule has 0 fully saturated rings. The number of nitrogens with zero attached hydrogens (tertiary/aromatic N) is 1. The SMILES string of the molecule is O=C(c1ccc(F)cc1)N1CCc2sccc2[C@H]1c1cccs1. The van der Waals surface area contributed by atoms with E-state index in [4.69, 9.17) is 0 Å². The van der Waals surface area contributed by atoms with Crippen molar-refractivity contribution < 1.29 is 9.18 Å². The third-order valence-corrected chi connectivity index (χ3v) is 6.05. The first-order valence-electron chi connectivity index (χ1n) is 7.40. The Labute approximate surface area is 141 Å². The van der Waals surface area contributed by atoms with E-state index < -0.39 is 0 Å². The van der Waals surface area contributed by atoms with Crippen molar-refractivity contribution in [2.24, 2.45) is 0 Å². The molecule has 1 atom stereocenters. The van der Waals surface area contributed by atoms with Gasteiger partial charge in [0.05, 0.1) is 6.04 Å². The molecular weight excluding hydrogens is 329 g/mol. The number of amides is 1. The summed E-state index contributed by atoms with van der Waals surface area (Å²) in [5.74, 6) is -0.365. The molecule has 2 nitrogen and oxygen atoms in total. The van der Waals surface area contributed by atoms with Crippen molar-refractivity contribution in [3.05, 3.63) is 79.9 Å². The van der Waals surface area contributed by atoms with Gasteiger partial charge in [0, 0.05) is 21.9 Å². The molecule has 0 N–H and O–H groups in total. The van der Waals surface area contributed by atoms with Gasteiger partial charge in [-0.05, 0) is 59.1 Å². The van der Waals surface area contributed by atoms with Crippen molar-refractivity contribution in [2.75, 3.05) is 6.54 Å². The van der Waals surface area contributed by atoms with E-state index in [1.54, 1.807) is 34.8 Å². The molecule has 1 amide bonds. The van der Waals surface area contributed by atoms with Crippen LogP contribution in [-0.2, 0) is 6.42 Å². The highest BCUT2D eigenvalue weighted by molar-refractivity contribution is 7.10. The second-order valence-electron chi connectivity index (χ2n) is 5.47. The summed E-state index contributed by atoms with van der Waals surface area (Å²) in [7, 11) is 0. The maximum absolute atomic E-state index is 13.1. The Morgan fingerprint density at radius 2 is 1.91 bits per heavy atom. The lowest BCUT2D eigenvalue weighted by molar-refractivity contribution is 0.0698. The van der Waals surface area contributed by atoms with E-state index in [1.807, 2.05) is 16.3 Å². The van der Waals surface area contributed by atoms with Gasteiger partial charge in [-0.1, -0.05) is 6.07 Å². The van der Waals surface area contributed by atoms with Crippen molar-refractivity contribution in [2.45, 2.75) is 12.5 Å². The van der Waals surface area contributed by atoms with Crippen molar-refractivity contribution in [3.63, 3.8) is 0 Å². The minimum absolute atomic E-state index is 0.0393. The van der Waals surface area contributed by atoms with Gasteiger partial charge in [0.25, 0.3) is 5.91 Å². The van der Waals surface area contributed by atoms with Gasteiger partial charge in [0.1, 0.15) is 5.82 Å². The number of rotatable bonds is 2. The molecule has 0 saturated carbocycles. The topological polar surface area (TPSA) is 20.3 Å². The van der Waals surface area contributed by atoms with Gasteiger partial charge in [-0.2, -0.15) is 0 Å². The molecule has 2 aromatic heterocycles. The standard InChI is InChI=1S/C18H14FNOS2/c19-13-5-3-12(4-6-13)18(21)20-9-7-15-14(8-11-23-15)17(20)16-2-1-10-22-16/h1-6,8,10-11,17H,7,9H2/t17-/m0/s1. The fourth-order valence-electron chi connectivity index (χ4n) is 3.05. The van der Waals surface area contributed by atoms with Crippen molar-refractivity contribution >= 4 is 28.6 Å². The Morgan fingerprint density at radius 1 is 1.09 bits per heavy atom. The van der Waals surface area contributed by atoms with Gasteiger partial charge >= 0.3 is 0 Å². The molecule has 0 radical (unpaired) electrons. The molecule has 0 bridgehead atoms. The molecular formula is C18H14FNOS2. The van der Waals surface area contributed by atoms with Crippen LogP contribution >= 0.6 is 22.7 Å². The maximum Gasteiger partial charge on any atom is 0.254 e. The average Bonchev–Trinajstić information content (AvgIpc) is 3.25. The Bertz CT molecular complexity index is 823. The van der Waals surface area contributed by atoms with E-state index in [0.717, 1.165) is 6.42 Å². The van der Waals surface area contributed by atoms with Gasteiger partial charge in [-0.3, -0.25) is 4.79 Å². The molecule has 4 rings (SSSR count). The summed E-state index contributed by atoms with van der Waals surface area (Å²) in [6.07, 6.45) is 0.877. The van der Waals surface area contributed by atoms with Gasteiger partial charge < -0.3 is 4.90 Å². The van der Waals surface area contributed by atoms with Crippen LogP contribution in [0.4, 0.5) is 4.39 Å². The lowest BCUT2D eigenvalue weighted by atomic mass is 9.97. The summed E-state index contributed by atoms with van der Waals surface area (Å²) in [6, 6.07) is 12.0. The molecule has 0 spiro atoms. The number of carbonyl (C=O) groups excluding carboxylic acids is 1. The normalized spacial score (nSPS) is 17.1. The van der Waals surface area contributed by atoms with Crippen molar-refractivity contribution in [1.82, 2.24) is 4.90 Å². The van der Waals surface area contributed by atoms with Crippen LogP contribution in [-0.4, -0.2) is 17.4 Å². The van der Waals surface area contributed by atoms with E-state index in [-0.39, 0.29) is 17.8 Å². The Hall–Kier alpha value is -1.98. The van der Waals surface area contributed by atoms with E-state index >= 15 is 0 Å². The highest BCUT2D eigenvalue weighted by Gasteiger charge is 2.33. The molecule has 116 valence electrons. The highest BCUT2D eigenvalue weighted by Crippen LogP contribution is 2.40. The minimum atomic E-state index is -0.324. The fraction of sp³-hybridized carbons (Fsp3) is 0.167. The molecule has 1 aliphatic heterocycles. The second kappa shape index (κ2) is 5.91. The highest BCUT2D eigenvalue weighted by atomic mass is 32.1. The summed E-state index contributed by atoms with van der Waals surface area (Å²) in [4.78, 5) is 17.4. The largest absolute Gasteiger partial charge is 0.326 e. The van der Waals surface area contributed by atoms with Crippen LogP contribution in [0.15, 0.2) is 53.2 Å². The van der Waals surface area contributed by atoms with Crippen LogP contribution in [0, 0.1) is 5.82 Å². The predicted octanol–water partition coefficient (Wildman–Crippen LogP) is 4.74. The van der Waals surface area contributed by atoms with Crippen LogP contribution < -0.4 is 0 Å². The lowest BCUT2D eigenvalue weighted by Crippen LogP contribution is -2.39. The molecule has 5 heteroatoms. The van der Waals surface area contributed by atoms with Crippen LogP contribution in [0.3, 0.4) is 0 Å². The summed E-state index contributed by atoms with van der Waals surface area (Å²) < 4.78 is 13.1. The smallest absolute Gasteiger partial charge is 0.254 e. The van der Waals surface area contributed by atoms with Crippen molar-refractivity contribution in [3.8, 4) is 0 Å². The molecule has 3 heterocycles. The van der Waals surface area contributed by atoms with E-state index in [0.29, 0.717) is 12.1 Å². The molecule has 1 aromatic carbocycles. The molecule has 1 aliphatic rings. The molecule has 3 aromatic rings. The monoisotopic (exact) mass is 343 g/mol. The zero-order chi connectivity index (χ0) is 15.8. The Balaban J connectivity index is 1.75. The summed E-state index contributed by atoms with van der Waals surface area (Å²) in [6.45, 7) is 0.687. The maximum atomic E-state index is 13.1. The molecule has 0 unspecified atom stereocenters. The minimum Gasteiger partial charge on any atom is -0.326 e. The van der Waals surface area contributed by atoms with Gasteiger partial charge in [0.2, 0.25) is 0 Å². The first kappa shape index (κ1) is 14.6. The van der Waals surface area contributed by atoms with Crippen LogP contribution in [0.5, 0.6) is 0 Å². The van der Waals surface area contributed by atoms with Gasteiger partial charge in [0.15, 0.2) is 0 Å². The molecule has 0 aliphatic carbocycles. The fourth-order valence-corrected chi connectivity index (χ4v) is 4.81. The molecule has 23 heavy (non-hydrogen) atoms. The van der Waals surface area contributed by atoms with Crippen LogP contribution in [0.1, 0.15) is 31.7 Å². The molecule has 0 saturated heterocycles. The zero-order valence-corrected chi connectivity index (χ0v) is 13.9. The van der Waals surface area contributed by atoms with Gasteiger partial charge in [-0.15, -0.1) is 22.7 Å². The second-order valence-corrected chi connectivity index (χ2v) is 7.45. The van der Waals surface area contributed by atoms with Crippen LogP contribution in [0.2, 0.25) is 0 Å². The Kier molecular flexibility index (Phi) is 3.75. The van der Waals surface area contributed by atoms with E-state index in [9.17, 15) is 9.18 Å². The lowest BCUT2D eigenvalue weighted by Gasteiger charge is -2.35. The number of hydrogen-bond donors (Lipinski definition) is 0. The third kappa shape index (κ3) is 2.60. The third-order valence-electron chi connectivity index (χ3n) is 4.13. The summed E-state index contributed by atoms with van der Waals surface area (Å²) in [5, 5.41) is 4.13. The Morgan fingerprint density at radius 3 is 2.65 bits per heavy atom.